The number of rotatable bonds is 7. The first-order valence-electron chi connectivity index (χ1n) is 10.9. The molecule has 0 radical (unpaired) electrons. The molecule has 0 saturated carbocycles. The number of carbonyl (C=O) groups is 1. The number of fused-ring (bicyclic) bond motifs is 1. The molecule has 9 heteroatoms. The molecule has 8 nitrogen and oxygen atoms in total. The van der Waals surface area contributed by atoms with Gasteiger partial charge in [0.25, 0.3) is 0 Å². The van der Waals surface area contributed by atoms with E-state index < -0.39 is 10.0 Å². The fourth-order valence-corrected chi connectivity index (χ4v) is 5.83. The minimum absolute atomic E-state index is 0.159. The van der Waals surface area contributed by atoms with Crippen LogP contribution in [-0.2, 0) is 41.3 Å². The van der Waals surface area contributed by atoms with Crippen LogP contribution in [0.2, 0.25) is 0 Å². The highest BCUT2D eigenvalue weighted by atomic mass is 32.2. The highest BCUT2D eigenvalue weighted by Gasteiger charge is 2.32. The van der Waals surface area contributed by atoms with Crippen molar-refractivity contribution in [2.24, 2.45) is 7.05 Å². The molecule has 0 unspecified atom stereocenters. The zero-order valence-electron chi connectivity index (χ0n) is 18.2. The van der Waals surface area contributed by atoms with Gasteiger partial charge in [0.1, 0.15) is 5.75 Å². The van der Waals surface area contributed by atoms with Crippen molar-refractivity contribution >= 4 is 15.9 Å². The van der Waals surface area contributed by atoms with Crippen molar-refractivity contribution in [3.63, 3.8) is 0 Å². The van der Waals surface area contributed by atoms with Gasteiger partial charge in [0.2, 0.25) is 15.9 Å². The smallest absolute Gasteiger partial charge is 0.243 e. The molecule has 31 heavy (non-hydrogen) atoms. The minimum Gasteiger partial charge on any atom is -0.494 e. The summed E-state index contributed by atoms with van der Waals surface area (Å²) >= 11 is 0. The number of likely N-dealkylation sites (tertiary alicyclic amines) is 1. The van der Waals surface area contributed by atoms with Crippen LogP contribution in [0.1, 0.15) is 43.1 Å². The van der Waals surface area contributed by atoms with Gasteiger partial charge in [-0.1, -0.05) is 0 Å². The SMILES string of the molecule is CCOc1ccc(S(=O)(=O)N2CCc3c(c(CCC(=O)N4CCCC4)nn3C)C2)cc1. The van der Waals surface area contributed by atoms with Crippen LogP contribution in [0.3, 0.4) is 0 Å². The molecular formula is C22H30N4O4S. The molecule has 2 aliphatic rings. The van der Waals surface area contributed by atoms with Gasteiger partial charge in [0.05, 0.1) is 17.2 Å². The number of sulfonamides is 1. The Morgan fingerprint density at radius 2 is 1.84 bits per heavy atom. The van der Waals surface area contributed by atoms with Crippen LogP contribution >= 0.6 is 0 Å². The van der Waals surface area contributed by atoms with Crippen molar-refractivity contribution < 1.29 is 17.9 Å². The monoisotopic (exact) mass is 446 g/mol. The first-order chi connectivity index (χ1) is 14.9. The van der Waals surface area contributed by atoms with Gasteiger partial charge in [0, 0.05) is 63.7 Å². The fourth-order valence-electron chi connectivity index (χ4n) is 4.42. The van der Waals surface area contributed by atoms with E-state index in [1.165, 1.54) is 4.31 Å². The number of amides is 1. The predicted octanol–water partition coefficient (Wildman–Crippen LogP) is 2.12. The number of carbonyl (C=O) groups excluding carboxylic acids is 1. The number of hydrogen-bond acceptors (Lipinski definition) is 5. The Morgan fingerprint density at radius 1 is 1.13 bits per heavy atom. The topological polar surface area (TPSA) is 84.7 Å². The van der Waals surface area contributed by atoms with Gasteiger partial charge in [-0.25, -0.2) is 8.42 Å². The van der Waals surface area contributed by atoms with Gasteiger partial charge in [-0.3, -0.25) is 9.48 Å². The molecule has 1 aromatic heterocycles. The molecule has 3 heterocycles. The maximum atomic E-state index is 13.2. The van der Waals surface area contributed by atoms with E-state index in [0.29, 0.717) is 38.2 Å². The molecular weight excluding hydrogens is 416 g/mol. The van der Waals surface area contributed by atoms with Crippen LogP contribution in [-0.4, -0.2) is 59.6 Å². The van der Waals surface area contributed by atoms with Gasteiger partial charge in [0.15, 0.2) is 0 Å². The van der Waals surface area contributed by atoms with Gasteiger partial charge in [-0.15, -0.1) is 0 Å². The summed E-state index contributed by atoms with van der Waals surface area (Å²) in [4.78, 5) is 14.6. The van der Waals surface area contributed by atoms with Crippen molar-refractivity contribution in [2.45, 2.75) is 50.5 Å². The predicted molar refractivity (Wildman–Crippen MR) is 116 cm³/mol. The van der Waals surface area contributed by atoms with Crippen LogP contribution < -0.4 is 4.74 Å². The van der Waals surface area contributed by atoms with E-state index in [4.69, 9.17) is 4.74 Å². The van der Waals surface area contributed by atoms with Crippen molar-refractivity contribution in [1.82, 2.24) is 19.0 Å². The maximum Gasteiger partial charge on any atom is 0.243 e. The number of aromatic nitrogens is 2. The second-order valence-electron chi connectivity index (χ2n) is 8.08. The summed E-state index contributed by atoms with van der Waals surface area (Å²) in [6.07, 6.45) is 3.70. The Balaban J connectivity index is 1.50. The highest BCUT2D eigenvalue weighted by molar-refractivity contribution is 7.89. The number of nitrogens with zero attached hydrogens (tertiary/aromatic N) is 4. The fraction of sp³-hybridized carbons (Fsp3) is 0.545. The van der Waals surface area contributed by atoms with E-state index in [0.717, 1.165) is 42.9 Å². The summed E-state index contributed by atoms with van der Waals surface area (Å²) in [6, 6.07) is 6.56. The third kappa shape index (κ3) is 4.48. The van der Waals surface area contributed by atoms with Crippen LogP contribution in [0.5, 0.6) is 5.75 Å². The van der Waals surface area contributed by atoms with E-state index in [2.05, 4.69) is 5.10 Å². The first kappa shape index (κ1) is 21.8. The largest absolute Gasteiger partial charge is 0.494 e. The third-order valence-electron chi connectivity index (χ3n) is 6.10. The standard InChI is InChI=1S/C22H30N4O4S/c1-3-30-17-6-8-18(9-7-17)31(28,29)26-15-12-21-19(16-26)20(23-24(21)2)10-11-22(27)25-13-4-5-14-25/h6-9H,3-5,10-16H2,1-2H3. The Kier molecular flexibility index (Phi) is 6.34. The molecule has 0 spiro atoms. The Morgan fingerprint density at radius 3 is 2.52 bits per heavy atom. The summed E-state index contributed by atoms with van der Waals surface area (Å²) < 4.78 is 35.2. The lowest BCUT2D eigenvalue weighted by atomic mass is 10.0. The van der Waals surface area contributed by atoms with Crippen LogP contribution in [0.25, 0.3) is 0 Å². The van der Waals surface area contributed by atoms with Crippen LogP contribution in [0.4, 0.5) is 0 Å². The maximum absolute atomic E-state index is 13.2. The van der Waals surface area contributed by atoms with Crippen LogP contribution in [0.15, 0.2) is 29.2 Å². The first-order valence-corrected chi connectivity index (χ1v) is 12.4. The third-order valence-corrected chi connectivity index (χ3v) is 7.96. The normalized spacial score (nSPS) is 17.0. The number of benzene rings is 1. The molecule has 0 N–H and O–H groups in total. The Hall–Kier alpha value is -2.39. The summed E-state index contributed by atoms with van der Waals surface area (Å²) in [6.45, 7) is 4.80. The quantitative estimate of drug-likeness (QED) is 0.650. The molecule has 1 saturated heterocycles. The molecule has 0 atom stereocenters. The lowest BCUT2D eigenvalue weighted by Crippen LogP contribution is -2.36. The Bertz CT molecular complexity index is 1040. The lowest BCUT2D eigenvalue weighted by molar-refractivity contribution is -0.130. The number of hydrogen-bond donors (Lipinski definition) is 0. The summed E-state index contributed by atoms with van der Waals surface area (Å²) in [5.41, 5.74) is 2.83. The lowest BCUT2D eigenvalue weighted by Gasteiger charge is -2.27. The van der Waals surface area contributed by atoms with E-state index in [1.54, 1.807) is 24.3 Å². The molecule has 2 aliphatic heterocycles. The molecule has 2 aromatic rings. The van der Waals surface area contributed by atoms with Gasteiger partial charge in [-0.05, 0) is 44.0 Å². The van der Waals surface area contributed by atoms with E-state index in [-0.39, 0.29) is 17.3 Å². The minimum atomic E-state index is -3.62. The van der Waals surface area contributed by atoms with Gasteiger partial charge < -0.3 is 9.64 Å². The molecule has 4 rings (SSSR count). The summed E-state index contributed by atoms with van der Waals surface area (Å²) in [5, 5.41) is 4.62. The van der Waals surface area contributed by atoms with Gasteiger partial charge >= 0.3 is 0 Å². The molecule has 1 amide bonds. The number of ether oxygens (including phenoxy) is 1. The van der Waals surface area contributed by atoms with E-state index >= 15 is 0 Å². The van der Waals surface area contributed by atoms with Crippen molar-refractivity contribution in [3.8, 4) is 5.75 Å². The van der Waals surface area contributed by atoms with Crippen molar-refractivity contribution in [1.29, 1.82) is 0 Å². The molecule has 168 valence electrons. The molecule has 1 fully saturated rings. The Labute approximate surface area is 183 Å². The second kappa shape index (κ2) is 9.00. The zero-order chi connectivity index (χ0) is 22.0. The van der Waals surface area contributed by atoms with Crippen molar-refractivity contribution in [2.75, 3.05) is 26.2 Å². The van der Waals surface area contributed by atoms with E-state index in [1.807, 2.05) is 23.6 Å². The summed E-state index contributed by atoms with van der Waals surface area (Å²) in [7, 11) is -1.73. The van der Waals surface area contributed by atoms with E-state index in [9.17, 15) is 13.2 Å². The second-order valence-corrected chi connectivity index (χ2v) is 10.0. The molecule has 1 aromatic carbocycles. The average Bonchev–Trinajstić information content (AvgIpc) is 3.41. The summed E-state index contributed by atoms with van der Waals surface area (Å²) in [5.74, 6) is 0.811. The highest BCUT2D eigenvalue weighted by Crippen LogP contribution is 2.28. The molecule has 0 aliphatic carbocycles. The van der Waals surface area contributed by atoms with Crippen molar-refractivity contribution in [3.05, 3.63) is 41.2 Å². The van der Waals surface area contributed by atoms with Crippen LogP contribution in [0, 0.1) is 0 Å². The number of aryl methyl sites for hydroxylation is 2. The van der Waals surface area contributed by atoms with Gasteiger partial charge in [-0.2, -0.15) is 9.40 Å². The molecule has 0 bridgehead atoms. The average molecular weight is 447 g/mol. The zero-order valence-corrected chi connectivity index (χ0v) is 19.0.